The van der Waals surface area contributed by atoms with Gasteiger partial charge < -0.3 is 9.64 Å². The molecule has 1 saturated heterocycles. The van der Waals surface area contributed by atoms with Crippen molar-refractivity contribution in [1.29, 1.82) is 0 Å². The van der Waals surface area contributed by atoms with Gasteiger partial charge in [0.15, 0.2) is 12.5 Å². The first kappa shape index (κ1) is 14.5. The molecule has 1 aliphatic heterocycles. The van der Waals surface area contributed by atoms with E-state index in [2.05, 4.69) is 6.92 Å². The number of rotatable bonds is 6. The molecular weight excluding hydrogens is 260 g/mol. The molecule has 0 radical (unpaired) electrons. The Bertz CT molecular complexity index is 475. The lowest BCUT2D eigenvalue weighted by molar-refractivity contribution is -0.384. The number of nitro groups is 1. The van der Waals surface area contributed by atoms with Crippen LogP contribution in [0.4, 0.5) is 11.4 Å². The minimum Gasteiger partial charge on any atom is -0.346 e. The number of hydrogen-bond donors (Lipinski definition) is 0. The first-order valence-electron chi connectivity index (χ1n) is 6.77. The maximum absolute atomic E-state index is 11.1. The summed E-state index contributed by atoms with van der Waals surface area (Å²) < 4.78 is 5.68. The zero-order valence-corrected chi connectivity index (χ0v) is 11.4. The Kier molecular flexibility index (Phi) is 4.68. The number of hydrogen-bond acceptors (Lipinski definition) is 5. The Morgan fingerprint density at radius 2 is 2.15 bits per heavy atom. The molecule has 6 nitrogen and oxygen atoms in total. The van der Waals surface area contributed by atoms with Crippen LogP contribution in [0.1, 0.15) is 26.2 Å². The molecule has 0 aromatic heterocycles. The lowest BCUT2D eigenvalue weighted by Crippen LogP contribution is -2.31. The smallest absolute Gasteiger partial charge is 0.269 e. The van der Waals surface area contributed by atoms with Gasteiger partial charge in [0.25, 0.3) is 5.69 Å². The number of anilines is 1. The molecule has 0 amide bonds. The summed E-state index contributed by atoms with van der Waals surface area (Å²) >= 11 is 0. The fourth-order valence-electron chi connectivity index (χ4n) is 2.35. The van der Waals surface area contributed by atoms with E-state index in [9.17, 15) is 14.9 Å². The molecule has 20 heavy (non-hydrogen) atoms. The van der Waals surface area contributed by atoms with Gasteiger partial charge in [0.1, 0.15) is 0 Å². The van der Waals surface area contributed by atoms with E-state index in [0.29, 0.717) is 6.54 Å². The summed E-state index contributed by atoms with van der Waals surface area (Å²) in [5.41, 5.74) is 0.811. The number of benzene rings is 1. The standard InChI is InChI=1S/C14H18N2O4/c1-2-3-4-13-9-15(14(10-17)20-13)11-5-7-12(8-6-11)16(18)19/h5-8,10,13-14H,2-4,9H2,1H3. The van der Waals surface area contributed by atoms with E-state index >= 15 is 0 Å². The molecule has 6 heteroatoms. The summed E-state index contributed by atoms with van der Waals surface area (Å²) in [5.74, 6) is 0. The number of nitro benzene ring substituents is 1. The third-order valence-electron chi connectivity index (χ3n) is 3.43. The fourth-order valence-corrected chi connectivity index (χ4v) is 2.35. The first-order valence-corrected chi connectivity index (χ1v) is 6.77. The van der Waals surface area contributed by atoms with Crippen LogP contribution >= 0.6 is 0 Å². The van der Waals surface area contributed by atoms with Crippen LogP contribution < -0.4 is 4.90 Å². The Labute approximate surface area is 117 Å². The average molecular weight is 278 g/mol. The molecule has 0 saturated carbocycles. The summed E-state index contributed by atoms with van der Waals surface area (Å²) in [4.78, 5) is 23.2. The van der Waals surface area contributed by atoms with Crippen molar-refractivity contribution in [3.8, 4) is 0 Å². The second-order valence-electron chi connectivity index (χ2n) is 4.85. The number of ether oxygens (including phenoxy) is 1. The number of carbonyl (C=O) groups excluding carboxylic acids is 1. The van der Waals surface area contributed by atoms with Crippen molar-refractivity contribution >= 4 is 17.7 Å². The SMILES string of the molecule is CCCCC1CN(c2ccc([N+](=O)[O-])cc2)C(C=O)O1. The Balaban J connectivity index is 2.09. The van der Waals surface area contributed by atoms with Crippen molar-refractivity contribution in [3.05, 3.63) is 34.4 Å². The predicted octanol–water partition coefficient (Wildman–Crippen LogP) is 2.52. The molecular formula is C14H18N2O4. The summed E-state index contributed by atoms with van der Waals surface area (Å²) in [6.07, 6.45) is 3.28. The van der Waals surface area contributed by atoms with E-state index < -0.39 is 11.2 Å². The van der Waals surface area contributed by atoms with Gasteiger partial charge in [-0.15, -0.1) is 0 Å². The van der Waals surface area contributed by atoms with Gasteiger partial charge in [-0.3, -0.25) is 14.9 Å². The minimum atomic E-state index is -0.599. The molecule has 1 fully saturated rings. The van der Waals surface area contributed by atoms with Crippen molar-refractivity contribution < 1.29 is 14.5 Å². The molecule has 108 valence electrons. The highest BCUT2D eigenvalue weighted by Crippen LogP contribution is 2.27. The number of carbonyl (C=O) groups is 1. The second kappa shape index (κ2) is 6.47. The molecule has 1 aliphatic rings. The lowest BCUT2D eigenvalue weighted by Gasteiger charge is -2.20. The van der Waals surface area contributed by atoms with E-state index in [1.54, 1.807) is 12.1 Å². The maximum atomic E-state index is 11.1. The summed E-state index contributed by atoms with van der Waals surface area (Å²) in [6.45, 7) is 2.75. The van der Waals surface area contributed by atoms with Gasteiger partial charge in [-0.25, -0.2) is 0 Å². The van der Waals surface area contributed by atoms with Crippen LogP contribution in [0.25, 0.3) is 0 Å². The van der Waals surface area contributed by atoms with E-state index in [0.717, 1.165) is 31.2 Å². The zero-order valence-electron chi connectivity index (χ0n) is 11.4. The third-order valence-corrected chi connectivity index (χ3v) is 3.43. The van der Waals surface area contributed by atoms with Crippen LogP contribution in [-0.4, -0.2) is 30.1 Å². The van der Waals surface area contributed by atoms with E-state index in [4.69, 9.17) is 4.74 Å². The van der Waals surface area contributed by atoms with E-state index in [1.165, 1.54) is 12.1 Å². The topological polar surface area (TPSA) is 72.7 Å². The van der Waals surface area contributed by atoms with Gasteiger partial charge in [-0.1, -0.05) is 19.8 Å². The number of non-ortho nitro benzene ring substituents is 1. The quantitative estimate of drug-likeness (QED) is 0.454. The first-order chi connectivity index (χ1) is 9.65. The van der Waals surface area contributed by atoms with Crippen LogP contribution in [0.2, 0.25) is 0 Å². The second-order valence-corrected chi connectivity index (χ2v) is 4.85. The zero-order chi connectivity index (χ0) is 14.5. The molecule has 1 heterocycles. The predicted molar refractivity (Wildman–Crippen MR) is 74.7 cm³/mol. The Morgan fingerprint density at radius 3 is 2.70 bits per heavy atom. The van der Waals surface area contributed by atoms with Gasteiger partial charge in [0.2, 0.25) is 0 Å². The highest BCUT2D eigenvalue weighted by atomic mass is 16.6. The summed E-state index contributed by atoms with van der Waals surface area (Å²) in [7, 11) is 0. The molecule has 0 N–H and O–H groups in total. The molecule has 0 bridgehead atoms. The van der Waals surface area contributed by atoms with Crippen molar-refractivity contribution in [2.75, 3.05) is 11.4 Å². The van der Waals surface area contributed by atoms with Crippen molar-refractivity contribution in [3.63, 3.8) is 0 Å². The minimum absolute atomic E-state index is 0.0408. The third kappa shape index (κ3) is 3.14. The molecule has 2 rings (SSSR count). The molecule has 2 unspecified atom stereocenters. The van der Waals surface area contributed by atoms with Gasteiger partial charge in [-0.05, 0) is 18.6 Å². The van der Waals surface area contributed by atoms with Crippen molar-refractivity contribution in [2.24, 2.45) is 0 Å². The number of nitrogens with zero attached hydrogens (tertiary/aromatic N) is 2. The van der Waals surface area contributed by atoms with Crippen LogP contribution in [0, 0.1) is 10.1 Å². The highest BCUT2D eigenvalue weighted by Gasteiger charge is 2.32. The Morgan fingerprint density at radius 1 is 1.45 bits per heavy atom. The van der Waals surface area contributed by atoms with Crippen LogP contribution in [-0.2, 0) is 9.53 Å². The fraction of sp³-hybridized carbons (Fsp3) is 0.500. The van der Waals surface area contributed by atoms with E-state index in [1.807, 2.05) is 4.90 Å². The van der Waals surface area contributed by atoms with Gasteiger partial charge >= 0.3 is 0 Å². The Hall–Kier alpha value is -1.95. The largest absolute Gasteiger partial charge is 0.346 e. The number of aldehydes is 1. The van der Waals surface area contributed by atoms with Gasteiger partial charge in [0, 0.05) is 24.4 Å². The molecule has 0 aliphatic carbocycles. The monoisotopic (exact) mass is 278 g/mol. The van der Waals surface area contributed by atoms with Crippen LogP contribution in [0.5, 0.6) is 0 Å². The van der Waals surface area contributed by atoms with Crippen molar-refractivity contribution in [2.45, 2.75) is 38.5 Å². The average Bonchev–Trinajstić information content (AvgIpc) is 2.88. The normalized spacial score (nSPS) is 21.9. The van der Waals surface area contributed by atoms with Crippen LogP contribution in [0.3, 0.4) is 0 Å². The maximum Gasteiger partial charge on any atom is 0.269 e. The summed E-state index contributed by atoms with van der Waals surface area (Å²) in [5, 5.41) is 10.6. The molecule has 1 aromatic carbocycles. The highest BCUT2D eigenvalue weighted by molar-refractivity contribution is 5.66. The van der Waals surface area contributed by atoms with Gasteiger partial charge in [-0.2, -0.15) is 0 Å². The van der Waals surface area contributed by atoms with Gasteiger partial charge in [0.05, 0.1) is 11.0 Å². The van der Waals surface area contributed by atoms with Crippen LogP contribution in [0.15, 0.2) is 24.3 Å². The molecule has 2 atom stereocenters. The number of unbranched alkanes of at least 4 members (excludes halogenated alkanes) is 1. The van der Waals surface area contributed by atoms with Crippen molar-refractivity contribution in [1.82, 2.24) is 0 Å². The van der Waals surface area contributed by atoms with E-state index in [-0.39, 0.29) is 11.8 Å². The molecule has 0 spiro atoms. The summed E-state index contributed by atoms with van der Waals surface area (Å²) in [6, 6.07) is 6.19. The molecule has 1 aromatic rings. The lowest BCUT2D eigenvalue weighted by atomic mass is 10.1.